The number of benzene rings is 2. The van der Waals surface area contributed by atoms with Crippen LogP contribution in [0.4, 0.5) is 0 Å². The molecule has 6 heteroatoms. The van der Waals surface area contributed by atoms with Crippen LogP contribution in [0.2, 0.25) is 5.02 Å². The lowest BCUT2D eigenvalue weighted by Crippen LogP contribution is -2.41. The van der Waals surface area contributed by atoms with Gasteiger partial charge in [0.1, 0.15) is 11.8 Å². The minimum Gasteiger partial charge on any atom is -0.496 e. The number of nitrogens with zero attached hydrogens (tertiary/aromatic N) is 1. The lowest BCUT2D eigenvalue weighted by Gasteiger charge is -2.17. The number of carbonyl (C=O) groups is 2. The van der Waals surface area contributed by atoms with E-state index in [0.717, 1.165) is 5.56 Å². The number of hydrogen-bond acceptors (Lipinski definition) is 3. The van der Waals surface area contributed by atoms with E-state index in [4.69, 9.17) is 16.3 Å². The summed E-state index contributed by atoms with van der Waals surface area (Å²) in [6, 6.07) is 14.1. The van der Waals surface area contributed by atoms with Crippen LogP contribution in [0.3, 0.4) is 0 Å². The summed E-state index contributed by atoms with van der Waals surface area (Å²) in [5.74, 6) is -0.00838. The number of halogens is 1. The highest BCUT2D eigenvalue weighted by molar-refractivity contribution is 6.31. The third kappa shape index (κ3) is 3.94. The van der Waals surface area contributed by atoms with E-state index in [1.54, 1.807) is 17.0 Å². The monoisotopic (exact) mass is 358 g/mol. The van der Waals surface area contributed by atoms with Crippen molar-refractivity contribution in [2.75, 3.05) is 13.7 Å². The summed E-state index contributed by atoms with van der Waals surface area (Å²) < 4.78 is 5.20. The topological polar surface area (TPSA) is 58.6 Å². The van der Waals surface area contributed by atoms with Gasteiger partial charge in [0.2, 0.25) is 5.91 Å². The number of carbonyl (C=O) groups excluding carboxylic acids is 2. The maximum Gasteiger partial charge on any atom is 0.255 e. The molecular weight excluding hydrogens is 340 g/mol. The van der Waals surface area contributed by atoms with Gasteiger partial charge >= 0.3 is 0 Å². The molecule has 1 fully saturated rings. The molecule has 0 saturated carbocycles. The largest absolute Gasteiger partial charge is 0.496 e. The first-order valence-electron chi connectivity index (χ1n) is 8.05. The fraction of sp³-hybridized carbons (Fsp3) is 0.263. The van der Waals surface area contributed by atoms with Crippen molar-refractivity contribution in [1.29, 1.82) is 0 Å². The van der Waals surface area contributed by atoms with E-state index in [2.05, 4.69) is 5.32 Å². The summed E-state index contributed by atoms with van der Waals surface area (Å²) in [6.07, 6.45) is 0.584. The zero-order valence-electron chi connectivity index (χ0n) is 13.9. The molecule has 5 nitrogen and oxygen atoms in total. The number of methoxy groups -OCH3 is 1. The van der Waals surface area contributed by atoms with Gasteiger partial charge in [0.25, 0.3) is 5.91 Å². The molecule has 2 amide bonds. The van der Waals surface area contributed by atoms with Gasteiger partial charge in [-0.3, -0.25) is 9.59 Å². The van der Waals surface area contributed by atoms with Gasteiger partial charge in [-0.25, -0.2) is 0 Å². The molecule has 0 unspecified atom stereocenters. The van der Waals surface area contributed by atoms with E-state index < -0.39 is 6.04 Å². The summed E-state index contributed by atoms with van der Waals surface area (Å²) in [6.45, 7) is 1.16. The standard InChI is InChI=1S/C19H19ClN2O3/c1-25-17-8-7-14(20)11-15(17)18(23)21-16-9-10-22(19(16)24)12-13-5-3-2-4-6-13/h2-8,11,16H,9-10,12H2,1H3,(H,21,23)/t16-/m0/s1. The molecule has 1 atom stereocenters. The third-order valence-corrected chi connectivity index (χ3v) is 4.46. The zero-order chi connectivity index (χ0) is 17.8. The van der Waals surface area contributed by atoms with E-state index in [-0.39, 0.29) is 11.8 Å². The second-order valence-electron chi connectivity index (χ2n) is 5.90. The molecule has 0 aromatic heterocycles. The van der Waals surface area contributed by atoms with Crippen LogP contribution in [0.15, 0.2) is 48.5 Å². The molecule has 2 aromatic carbocycles. The summed E-state index contributed by atoms with van der Waals surface area (Å²) in [4.78, 5) is 26.8. The van der Waals surface area contributed by atoms with Gasteiger partial charge in [0.05, 0.1) is 12.7 Å². The Kier molecular flexibility index (Phi) is 5.24. The van der Waals surface area contributed by atoms with Gasteiger partial charge in [0.15, 0.2) is 0 Å². The SMILES string of the molecule is COc1ccc(Cl)cc1C(=O)N[C@H]1CCN(Cc2ccccc2)C1=O. The number of rotatable bonds is 5. The fourth-order valence-corrected chi connectivity index (χ4v) is 3.10. The van der Waals surface area contributed by atoms with Gasteiger partial charge in [-0.05, 0) is 30.2 Å². The molecule has 130 valence electrons. The highest BCUT2D eigenvalue weighted by Gasteiger charge is 2.33. The van der Waals surface area contributed by atoms with Gasteiger partial charge in [-0.1, -0.05) is 41.9 Å². The van der Waals surface area contributed by atoms with Crippen molar-refractivity contribution in [3.8, 4) is 5.75 Å². The summed E-state index contributed by atoms with van der Waals surface area (Å²) >= 11 is 5.97. The van der Waals surface area contributed by atoms with Crippen LogP contribution >= 0.6 is 11.6 Å². The van der Waals surface area contributed by atoms with Crippen LogP contribution in [0, 0.1) is 0 Å². The Morgan fingerprint density at radius 3 is 2.76 bits per heavy atom. The van der Waals surface area contributed by atoms with Crippen molar-refractivity contribution in [3.63, 3.8) is 0 Å². The summed E-state index contributed by atoms with van der Waals surface area (Å²) in [5.41, 5.74) is 1.39. The Hall–Kier alpha value is -2.53. The lowest BCUT2D eigenvalue weighted by molar-refractivity contribution is -0.129. The highest BCUT2D eigenvalue weighted by atomic mass is 35.5. The number of nitrogens with one attached hydrogen (secondary N) is 1. The van der Waals surface area contributed by atoms with Crippen molar-refractivity contribution in [2.45, 2.75) is 19.0 Å². The van der Waals surface area contributed by atoms with Crippen LogP contribution in [0.25, 0.3) is 0 Å². The molecular formula is C19H19ClN2O3. The summed E-state index contributed by atoms with van der Waals surface area (Å²) in [7, 11) is 1.49. The minimum absolute atomic E-state index is 0.0711. The van der Waals surface area contributed by atoms with E-state index >= 15 is 0 Å². The first-order valence-corrected chi connectivity index (χ1v) is 8.43. The Bertz CT molecular complexity index is 779. The Balaban J connectivity index is 1.67. The molecule has 2 aromatic rings. The van der Waals surface area contributed by atoms with Crippen molar-refractivity contribution in [2.24, 2.45) is 0 Å². The molecule has 1 heterocycles. The van der Waals surface area contributed by atoms with Crippen molar-refractivity contribution < 1.29 is 14.3 Å². The van der Waals surface area contributed by atoms with Crippen molar-refractivity contribution in [1.82, 2.24) is 10.2 Å². The Morgan fingerprint density at radius 2 is 2.04 bits per heavy atom. The maximum absolute atomic E-state index is 12.6. The molecule has 1 N–H and O–H groups in total. The number of ether oxygens (including phenoxy) is 1. The van der Waals surface area contributed by atoms with Crippen LogP contribution in [0.1, 0.15) is 22.3 Å². The van der Waals surface area contributed by atoms with E-state index in [0.29, 0.717) is 35.8 Å². The molecule has 0 radical (unpaired) electrons. The van der Waals surface area contributed by atoms with Crippen LogP contribution in [-0.4, -0.2) is 36.4 Å². The summed E-state index contributed by atoms with van der Waals surface area (Å²) in [5, 5.41) is 3.23. The second kappa shape index (κ2) is 7.57. The lowest BCUT2D eigenvalue weighted by atomic mass is 10.1. The van der Waals surface area contributed by atoms with Gasteiger partial charge in [0, 0.05) is 18.1 Å². The molecule has 25 heavy (non-hydrogen) atoms. The first kappa shape index (κ1) is 17.3. The molecule has 0 aliphatic carbocycles. The average Bonchev–Trinajstić information content (AvgIpc) is 2.96. The van der Waals surface area contributed by atoms with Crippen LogP contribution in [-0.2, 0) is 11.3 Å². The highest BCUT2D eigenvalue weighted by Crippen LogP contribution is 2.23. The molecule has 1 aliphatic rings. The Morgan fingerprint density at radius 1 is 1.28 bits per heavy atom. The molecule has 1 saturated heterocycles. The number of likely N-dealkylation sites (tertiary alicyclic amines) is 1. The van der Waals surface area contributed by atoms with Crippen molar-refractivity contribution in [3.05, 3.63) is 64.7 Å². The normalized spacial score (nSPS) is 16.8. The maximum atomic E-state index is 12.6. The number of hydrogen-bond donors (Lipinski definition) is 1. The van der Waals surface area contributed by atoms with Crippen LogP contribution in [0.5, 0.6) is 5.75 Å². The predicted molar refractivity (Wildman–Crippen MR) is 95.7 cm³/mol. The average molecular weight is 359 g/mol. The van der Waals surface area contributed by atoms with Gasteiger partial charge in [-0.2, -0.15) is 0 Å². The first-order chi connectivity index (χ1) is 12.1. The predicted octanol–water partition coefficient (Wildman–Crippen LogP) is 2.88. The smallest absolute Gasteiger partial charge is 0.255 e. The molecule has 3 rings (SSSR count). The van der Waals surface area contributed by atoms with Gasteiger partial charge in [-0.15, -0.1) is 0 Å². The molecule has 0 bridgehead atoms. The third-order valence-electron chi connectivity index (χ3n) is 4.23. The minimum atomic E-state index is -0.528. The second-order valence-corrected chi connectivity index (χ2v) is 6.34. The zero-order valence-corrected chi connectivity index (χ0v) is 14.6. The van der Waals surface area contributed by atoms with Gasteiger partial charge < -0.3 is 15.0 Å². The molecule has 1 aliphatic heterocycles. The van der Waals surface area contributed by atoms with E-state index in [1.165, 1.54) is 13.2 Å². The fourth-order valence-electron chi connectivity index (χ4n) is 2.93. The van der Waals surface area contributed by atoms with E-state index in [1.807, 2.05) is 30.3 Å². The Labute approximate surface area is 151 Å². The quantitative estimate of drug-likeness (QED) is 0.894. The van der Waals surface area contributed by atoms with E-state index in [9.17, 15) is 9.59 Å². The van der Waals surface area contributed by atoms with Crippen LogP contribution < -0.4 is 10.1 Å². The molecule has 0 spiro atoms. The van der Waals surface area contributed by atoms with Crippen molar-refractivity contribution >= 4 is 23.4 Å². The number of amides is 2.